The molecular formula is C32H52N6O7S. The number of unbranched alkanes of at least 4 members (excludes halogenated alkanes) is 1. The molecular weight excluding hydrogens is 612 g/mol. The monoisotopic (exact) mass is 664 g/mol. The van der Waals surface area contributed by atoms with Gasteiger partial charge in [0.25, 0.3) is 5.91 Å². The summed E-state index contributed by atoms with van der Waals surface area (Å²) in [4.78, 5) is 68.2. The van der Waals surface area contributed by atoms with Gasteiger partial charge in [0.05, 0.1) is 11.8 Å². The van der Waals surface area contributed by atoms with Gasteiger partial charge in [-0.15, -0.1) is 6.58 Å². The number of urea groups is 1. The minimum atomic E-state index is -3.35. The molecule has 4 fully saturated rings. The number of rotatable bonds is 15. The van der Waals surface area contributed by atoms with Crippen molar-refractivity contribution in [2.24, 2.45) is 17.8 Å². The number of nitrogens with zero attached hydrogens (tertiary/aromatic N) is 2. The van der Waals surface area contributed by atoms with Gasteiger partial charge in [0, 0.05) is 32.2 Å². The maximum atomic E-state index is 14.2. The van der Waals surface area contributed by atoms with E-state index in [1.54, 1.807) is 11.8 Å². The van der Waals surface area contributed by atoms with Crippen LogP contribution in [-0.2, 0) is 29.2 Å². The number of hydrogen-bond acceptors (Lipinski definition) is 7. The lowest BCUT2D eigenvalue weighted by Gasteiger charge is -2.36. The summed E-state index contributed by atoms with van der Waals surface area (Å²) in [5.41, 5.74) is 0. The van der Waals surface area contributed by atoms with Crippen LogP contribution >= 0.6 is 0 Å². The molecule has 13 nitrogen and oxygen atoms in total. The molecule has 5 amide bonds. The van der Waals surface area contributed by atoms with Gasteiger partial charge in [-0.25, -0.2) is 13.2 Å². The Balaban J connectivity index is 1.45. The summed E-state index contributed by atoms with van der Waals surface area (Å²) in [6.45, 7) is 8.34. The number of Topliss-reactive ketones (excluding diaryl/α,β-unsaturated/α-hetero) is 1. The highest BCUT2D eigenvalue weighted by Crippen LogP contribution is 2.50. The third kappa shape index (κ3) is 9.08. The van der Waals surface area contributed by atoms with Crippen molar-refractivity contribution in [3.63, 3.8) is 0 Å². The summed E-state index contributed by atoms with van der Waals surface area (Å²) in [5.74, 6) is -2.14. The fourth-order valence-electron chi connectivity index (χ4n) is 7.20. The predicted octanol–water partition coefficient (Wildman–Crippen LogP) is 1.44. The van der Waals surface area contributed by atoms with E-state index in [4.69, 9.17) is 0 Å². The molecule has 258 valence electrons. The first-order valence-electron chi connectivity index (χ1n) is 17.0. The number of sulfonamides is 1. The summed E-state index contributed by atoms with van der Waals surface area (Å²) in [7, 11) is -3.35. The predicted molar refractivity (Wildman–Crippen MR) is 173 cm³/mol. The van der Waals surface area contributed by atoms with Gasteiger partial charge in [0.1, 0.15) is 12.1 Å². The molecule has 4 rings (SSSR count). The van der Waals surface area contributed by atoms with E-state index in [0.29, 0.717) is 32.4 Å². The van der Waals surface area contributed by atoms with Crippen LogP contribution in [0.15, 0.2) is 12.7 Å². The summed E-state index contributed by atoms with van der Waals surface area (Å²) < 4.78 is 26.3. The molecule has 0 aromatic heterocycles. The Morgan fingerprint density at radius 1 is 1.00 bits per heavy atom. The second-order valence-corrected chi connectivity index (χ2v) is 15.5. The van der Waals surface area contributed by atoms with Gasteiger partial charge >= 0.3 is 6.03 Å². The third-order valence-electron chi connectivity index (χ3n) is 9.79. The maximum Gasteiger partial charge on any atom is 0.315 e. The average Bonchev–Trinajstić information content (AvgIpc) is 3.69. The normalized spacial score (nSPS) is 26.1. The SMILES string of the molecule is C=CCNC(=O)C(=O)C(CCCC)NC(=O)[C@@H]1[C@H]2C[C@H]2CN1C(=O)[C@@H](NC(=O)N[C@@H](C)CN1CCCCS1(=O)=O)C1CCCCC1. The van der Waals surface area contributed by atoms with Crippen LogP contribution in [0.1, 0.15) is 84.5 Å². The summed E-state index contributed by atoms with van der Waals surface area (Å²) in [6.07, 6.45) is 9.85. The van der Waals surface area contributed by atoms with Gasteiger partial charge in [-0.3, -0.25) is 19.2 Å². The molecule has 46 heavy (non-hydrogen) atoms. The first-order valence-corrected chi connectivity index (χ1v) is 18.7. The molecule has 1 unspecified atom stereocenters. The molecule has 6 atom stereocenters. The van der Waals surface area contributed by atoms with E-state index >= 15 is 0 Å². The van der Waals surface area contributed by atoms with Crippen LogP contribution in [0.25, 0.3) is 0 Å². The minimum absolute atomic E-state index is 0.0344. The van der Waals surface area contributed by atoms with Crippen LogP contribution in [0.2, 0.25) is 0 Å². The van der Waals surface area contributed by atoms with Crippen molar-refractivity contribution in [2.45, 2.75) is 109 Å². The van der Waals surface area contributed by atoms with Crippen LogP contribution in [0, 0.1) is 17.8 Å². The van der Waals surface area contributed by atoms with Crippen molar-refractivity contribution in [2.75, 3.05) is 31.9 Å². The third-order valence-corrected chi connectivity index (χ3v) is 11.7. The van der Waals surface area contributed by atoms with Gasteiger partial charge in [-0.1, -0.05) is 45.1 Å². The second kappa shape index (κ2) is 16.2. The van der Waals surface area contributed by atoms with Gasteiger partial charge in [0.2, 0.25) is 27.6 Å². The van der Waals surface area contributed by atoms with E-state index in [2.05, 4.69) is 27.8 Å². The Kier molecular flexibility index (Phi) is 12.6. The molecule has 0 aromatic carbocycles. The second-order valence-electron chi connectivity index (χ2n) is 13.4. The number of carbonyl (C=O) groups excluding carboxylic acids is 5. The summed E-state index contributed by atoms with van der Waals surface area (Å²) in [5, 5.41) is 11.0. The summed E-state index contributed by atoms with van der Waals surface area (Å²) in [6, 6.07) is -3.66. The number of hydrogen-bond donors (Lipinski definition) is 4. The van der Waals surface area contributed by atoms with Crippen molar-refractivity contribution in [1.82, 2.24) is 30.5 Å². The van der Waals surface area contributed by atoms with Crippen LogP contribution in [-0.4, -0.2) is 103 Å². The molecule has 4 aliphatic rings. The minimum Gasteiger partial charge on any atom is -0.346 e. The number of fused-ring (bicyclic) bond motifs is 1. The van der Waals surface area contributed by atoms with Crippen molar-refractivity contribution in [3.8, 4) is 0 Å². The highest BCUT2D eigenvalue weighted by atomic mass is 32.2. The van der Waals surface area contributed by atoms with E-state index in [9.17, 15) is 32.4 Å². The zero-order valence-electron chi connectivity index (χ0n) is 27.3. The van der Waals surface area contributed by atoms with Crippen LogP contribution in [0.4, 0.5) is 4.79 Å². The fraction of sp³-hybridized carbons (Fsp3) is 0.781. The topological polar surface area (TPSA) is 174 Å². The lowest BCUT2D eigenvalue weighted by atomic mass is 9.83. The molecule has 14 heteroatoms. The molecule has 4 N–H and O–H groups in total. The van der Waals surface area contributed by atoms with Gasteiger partial charge < -0.3 is 26.2 Å². The van der Waals surface area contributed by atoms with Crippen LogP contribution in [0.3, 0.4) is 0 Å². The molecule has 0 radical (unpaired) electrons. The average molecular weight is 665 g/mol. The lowest BCUT2D eigenvalue weighted by molar-refractivity contribution is -0.144. The lowest BCUT2D eigenvalue weighted by Crippen LogP contribution is -2.60. The Morgan fingerprint density at radius 3 is 2.41 bits per heavy atom. The molecule has 0 spiro atoms. The van der Waals surface area contributed by atoms with Crippen LogP contribution in [0.5, 0.6) is 0 Å². The Hall–Kier alpha value is -3.00. The van der Waals surface area contributed by atoms with E-state index < -0.39 is 57.8 Å². The number of amides is 5. The molecule has 0 aromatic rings. The fourth-order valence-corrected chi connectivity index (χ4v) is 8.89. The van der Waals surface area contributed by atoms with E-state index in [-0.39, 0.29) is 42.5 Å². The molecule has 2 aliphatic heterocycles. The van der Waals surface area contributed by atoms with Crippen LogP contribution < -0.4 is 21.3 Å². The number of likely N-dealkylation sites (tertiary alicyclic amines) is 1. The molecule has 2 heterocycles. The zero-order chi connectivity index (χ0) is 33.4. The number of ketones is 1. The van der Waals surface area contributed by atoms with E-state index in [1.807, 2.05) is 6.92 Å². The van der Waals surface area contributed by atoms with Gasteiger partial charge in [0.15, 0.2) is 0 Å². The highest BCUT2D eigenvalue weighted by molar-refractivity contribution is 7.89. The molecule has 2 aliphatic carbocycles. The van der Waals surface area contributed by atoms with Crippen molar-refractivity contribution in [1.29, 1.82) is 0 Å². The molecule has 2 saturated carbocycles. The number of carbonyl (C=O) groups is 5. The van der Waals surface area contributed by atoms with Crippen molar-refractivity contribution < 1.29 is 32.4 Å². The first kappa shape index (κ1) is 35.8. The van der Waals surface area contributed by atoms with Gasteiger partial charge in [-0.2, -0.15) is 4.31 Å². The maximum absolute atomic E-state index is 14.2. The Bertz CT molecular complexity index is 1250. The Morgan fingerprint density at radius 2 is 1.74 bits per heavy atom. The number of nitrogens with one attached hydrogen (secondary N) is 4. The van der Waals surface area contributed by atoms with Gasteiger partial charge in [-0.05, 0) is 63.2 Å². The standard InChI is InChI=1S/C32H52N6O7S/c1-4-6-14-25(28(39)30(41)33-15-5-2)35-29(40)27-24-18-23(24)20-38(27)31(42)26(22-12-8-7-9-13-22)36-32(43)34-21(3)19-37-16-10-11-17-46(37,44)45/h5,21-27H,2,4,6-20H2,1,3H3,(H,33,41)(H,35,40)(H2,34,36,43)/t21-,23-,24-,25?,26-,27-/m0/s1. The quantitative estimate of drug-likeness (QED) is 0.151. The summed E-state index contributed by atoms with van der Waals surface area (Å²) >= 11 is 0. The van der Waals surface area contributed by atoms with Crippen molar-refractivity contribution >= 4 is 39.6 Å². The zero-order valence-corrected chi connectivity index (χ0v) is 28.1. The smallest absolute Gasteiger partial charge is 0.315 e. The van der Waals surface area contributed by atoms with E-state index in [0.717, 1.165) is 51.4 Å². The number of piperidine rings is 1. The largest absolute Gasteiger partial charge is 0.346 e. The highest BCUT2D eigenvalue weighted by Gasteiger charge is 2.58. The molecule has 2 saturated heterocycles. The first-order chi connectivity index (χ1) is 22.0. The molecule has 0 bridgehead atoms. The Labute approximate surface area is 273 Å². The van der Waals surface area contributed by atoms with Crippen molar-refractivity contribution in [3.05, 3.63) is 12.7 Å². The van der Waals surface area contributed by atoms with E-state index in [1.165, 1.54) is 10.4 Å².